The Morgan fingerprint density at radius 2 is 1.84 bits per heavy atom. The van der Waals surface area contributed by atoms with Gasteiger partial charge in [0.1, 0.15) is 6.54 Å². The van der Waals surface area contributed by atoms with Crippen LogP contribution in [-0.4, -0.2) is 61.4 Å². The maximum absolute atomic E-state index is 12.0. The summed E-state index contributed by atoms with van der Waals surface area (Å²) >= 11 is 0. The molecule has 4 aliphatic rings. The highest BCUT2D eigenvalue weighted by atomic mass is 127. The zero-order valence-electron chi connectivity index (χ0n) is 15.6. The van der Waals surface area contributed by atoms with Crippen LogP contribution in [0.2, 0.25) is 0 Å². The van der Waals surface area contributed by atoms with E-state index in [0.29, 0.717) is 6.04 Å². The Morgan fingerprint density at radius 3 is 2.44 bits per heavy atom. The van der Waals surface area contributed by atoms with E-state index in [1.54, 1.807) is 19.0 Å². The van der Waals surface area contributed by atoms with Gasteiger partial charge in [0.2, 0.25) is 5.91 Å². The summed E-state index contributed by atoms with van der Waals surface area (Å²) in [4.78, 5) is 20.8. The molecule has 142 valence electrons. The molecule has 2 bridgehead atoms. The zero-order valence-corrected chi connectivity index (χ0v) is 17.9. The molecule has 4 rings (SSSR count). The molecule has 0 radical (unpaired) electrons. The number of halogens is 1. The van der Waals surface area contributed by atoms with Gasteiger partial charge in [-0.15, -0.1) is 24.0 Å². The molecule has 3 aliphatic carbocycles. The fourth-order valence-corrected chi connectivity index (χ4v) is 5.04. The lowest BCUT2D eigenvalue weighted by Crippen LogP contribution is -2.47. The Balaban J connectivity index is 0.00000182. The minimum absolute atomic E-state index is 0. The predicted molar refractivity (Wildman–Crippen MR) is 111 cm³/mol. The van der Waals surface area contributed by atoms with Crippen LogP contribution in [0.5, 0.6) is 0 Å². The molecule has 0 aromatic rings. The molecule has 4 atom stereocenters. The average molecular weight is 460 g/mol. The molecule has 6 heteroatoms. The third kappa shape index (κ3) is 4.42. The van der Waals surface area contributed by atoms with E-state index in [1.165, 1.54) is 44.9 Å². The van der Waals surface area contributed by atoms with Crippen molar-refractivity contribution < 1.29 is 4.79 Å². The molecule has 1 N–H and O–H groups in total. The monoisotopic (exact) mass is 460 g/mol. The molecule has 0 aromatic carbocycles. The molecule has 25 heavy (non-hydrogen) atoms. The van der Waals surface area contributed by atoms with Gasteiger partial charge in [0.15, 0.2) is 5.96 Å². The standard InChI is InChI=1S/C19H32N4O.HI/c1-22(2)18(24)11-20-19(21-17-10-13-3-4-15(17)9-13)23-8-7-16(12-23)14-5-6-14;/h13-17H,3-12H2,1-2H3,(H,20,21);1H. The molecule has 1 heterocycles. The molecule has 1 aliphatic heterocycles. The second-order valence-corrected chi connectivity index (χ2v) is 8.69. The summed E-state index contributed by atoms with van der Waals surface area (Å²) in [7, 11) is 3.61. The number of nitrogens with one attached hydrogen (secondary N) is 1. The molecule has 1 amide bonds. The summed E-state index contributed by atoms with van der Waals surface area (Å²) in [5, 5.41) is 3.77. The third-order valence-corrected chi connectivity index (χ3v) is 6.73. The number of likely N-dealkylation sites (N-methyl/N-ethyl adjacent to an activating group) is 1. The van der Waals surface area contributed by atoms with Gasteiger partial charge in [0.05, 0.1) is 0 Å². The highest BCUT2D eigenvalue weighted by Crippen LogP contribution is 2.45. The summed E-state index contributed by atoms with van der Waals surface area (Å²) in [6.45, 7) is 2.50. The fourth-order valence-electron chi connectivity index (χ4n) is 5.04. The third-order valence-electron chi connectivity index (χ3n) is 6.73. The van der Waals surface area contributed by atoms with Crippen molar-refractivity contribution in [1.29, 1.82) is 0 Å². The first-order valence-electron chi connectivity index (χ1n) is 9.86. The van der Waals surface area contributed by atoms with Crippen LogP contribution in [0.1, 0.15) is 44.9 Å². The number of likely N-dealkylation sites (tertiary alicyclic amines) is 1. The van der Waals surface area contributed by atoms with E-state index in [9.17, 15) is 4.79 Å². The fraction of sp³-hybridized carbons (Fsp3) is 0.895. The highest BCUT2D eigenvalue weighted by Gasteiger charge is 2.41. The van der Waals surface area contributed by atoms with Crippen molar-refractivity contribution in [3.05, 3.63) is 0 Å². The molecule has 1 saturated heterocycles. The van der Waals surface area contributed by atoms with Crippen LogP contribution in [0.25, 0.3) is 0 Å². The zero-order chi connectivity index (χ0) is 16.7. The van der Waals surface area contributed by atoms with Crippen LogP contribution >= 0.6 is 24.0 Å². The van der Waals surface area contributed by atoms with Crippen LogP contribution < -0.4 is 5.32 Å². The lowest BCUT2D eigenvalue weighted by molar-refractivity contribution is -0.127. The van der Waals surface area contributed by atoms with Gasteiger partial charge in [0, 0.05) is 33.2 Å². The minimum atomic E-state index is 0. The number of carbonyl (C=O) groups excluding carboxylic acids is 1. The van der Waals surface area contributed by atoms with Crippen molar-refractivity contribution in [3.63, 3.8) is 0 Å². The number of rotatable bonds is 4. The van der Waals surface area contributed by atoms with Crippen molar-refractivity contribution in [1.82, 2.24) is 15.1 Å². The number of hydrogen-bond donors (Lipinski definition) is 1. The minimum Gasteiger partial charge on any atom is -0.353 e. The van der Waals surface area contributed by atoms with Crippen molar-refractivity contribution in [2.24, 2.45) is 28.7 Å². The number of nitrogens with zero attached hydrogens (tertiary/aromatic N) is 3. The van der Waals surface area contributed by atoms with Crippen LogP contribution in [0, 0.1) is 23.7 Å². The first kappa shape index (κ1) is 19.2. The second kappa shape index (κ2) is 8.01. The van der Waals surface area contributed by atoms with E-state index in [2.05, 4.69) is 10.2 Å². The van der Waals surface area contributed by atoms with Gasteiger partial charge in [-0.2, -0.15) is 0 Å². The van der Waals surface area contributed by atoms with Gasteiger partial charge in [0.25, 0.3) is 0 Å². The summed E-state index contributed by atoms with van der Waals surface area (Å²) in [6, 6.07) is 0.580. The lowest BCUT2D eigenvalue weighted by Gasteiger charge is -2.29. The summed E-state index contributed by atoms with van der Waals surface area (Å²) in [5.74, 6) is 4.65. The first-order chi connectivity index (χ1) is 11.6. The van der Waals surface area contributed by atoms with Crippen LogP contribution in [0.3, 0.4) is 0 Å². The van der Waals surface area contributed by atoms with E-state index in [-0.39, 0.29) is 36.4 Å². The van der Waals surface area contributed by atoms with Crippen molar-refractivity contribution >= 4 is 35.8 Å². The maximum Gasteiger partial charge on any atom is 0.243 e. The predicted octanol–water partition coefficient (Wildman–Crippen LogP) is 2.56. The molecule has 4 fully saturated rings. The van der Waals surface area contributed by atoms with Crippen molar-refractivity contribution in [2.75, 3.05) is 33.7 Å². The van der Waals surface area contributed by atoms with Gasteiger partial charge in [-0.25, -0.2) is 4.99 Å². The number of amides is 1. The van der Waals surface area contributed by atoms with Crippen molar-refractivity contribution in [3.8, 4) is 0 Å². The first-order valence-corrected chi connectivity index (χ1v) is 9.86. The van der Waals surface area contributed by atoms with Gasteiger partial charge in [-0.05, 0) is 62.2 Å². The quantitative estimate of drug-likeness (QED) is 0.399. The summed E-state index contributed by atoms with van der Waals surface area (Å²) in [5.41, 5.74) is 0. The smallest absolute Gasteiger partial charge is 0.243 e. The van der Waals surface area contributed by atoms with E-state index in [1.807, 2.05) is 0 Å². The SMILES string of the molecule is CN(C)C(=O)CN=C(NC1CC2CCC1C2)N1CCC(C2CC2)C1.I. The van der Waals surface area contributed by atoms with E-state index in [0.717, 1.165) is 42.7 Å². The van der Waals surface area contributed by atoms with E-state index < -0.39 is 0 Å². The Morgan fingerprint density at radius 1 is 1.08 bits per heavy atom. The van der Waals surface area contributed by atoms with Crippen LogP contribution in [0.15, 0.2) is 4.99 Å². The van der Waals surface area contributed by atoms with Gasteiger partial charge in [-0.3, -0.25) is 4.79 Å². The molecule has 5 nitrogen and oxygen atoms in total. The molecular formula is C19H33IN4O. The average Bonchev–Trinajstić information content (AvgIpc) is 2.99. The number of fused-ring (bicyclic) bond motifs is 2. The second-order valence-electron chi connectivity index (χ2n) is 8.69. The van der Waals surface area contributed by atoms with Crippen molar-refractivity contribution in [2.45, 2.75) is 51.0 Å². The Bertz CT molecular complexity index is 520. The molecule has 0 spiro atoms. The maximum atomic E-state index is 12.0. The van der Waals surface area contributed by atoms with E-state index in [4.69, 9.17) is 4.99 Å². The topological polar surface area (TPSA) is 47.9 Å². The molecule has 3 saturated carbocycles. The highest BCUT2D eigenvalue weighted by molar-refractivity contribution is 14.0. The summed E-state index contributed by atoms with van der Waals surface area (Å²) in [6.07, 6.45) is 9.62. The van der Waals surface area contributed by atoms with E-state index >= 15 is 0 Å². The number of carbonyl (C=O) groups is 1. The Kier molecular flexibility index (Phi) is 6.16. The molecule has 4 unspecified atom stereocenters. The van der Waals surface area contributed by atoms with Crippen LogP contribution in [-0.2, 0) is 4.79 Å². The van der Waals surface area contributed by atoms with Gasteiger partial charge in [-0.1, -0.05) is 6.42 Å². The number of aliphatic imine (C=N–C) groups is 1. The van der Waals surface area contributed by atoms with Gasteiger partial charge >= 0.3 is 0 Å². The summed E-state index contributed by atoms with van der Waals surface area (Å²) < 4.78 is 0. The normalized spacial score (nSPS) is 34.2. The molecule has 0 aromatic heterocycles. The Hall–Kier alpha value is -0.530. The van der Waals surface area contributed by atoms with Gasteiger partial charge < -0.3 is 15.1 Å². The number of guanidine groups is 1. The molecular weight excluding hydrogens is 427 g/mol. The number of hydrogen-bond acceptors (Lipinski definition) is 2. The Labute approximate surface area is 169 Å². The lowest BCUT2D eigenvalue weighted by atomic mass is 9.95. The largest absolute Gasteiger partial charge is 0.353 e. The van der Waals surface area contributed by atoms with Crippen LogP contribution in [0.4, 0.5) is 0 Å².